The van der Waals surface area contributed by atoms with Crippen molar-refractivity contribution in [3.05, 3.63) is 29.2 Å². The molecule has 2 heterocycles. The Morgan fingerprint density at radius 2 is 2.42 bits per heavy atom. The minimum atomic E-state index is -0.153. The molecule has 62 valence electrons. The van der Waals surface area contributed by atoms with Crippen molar-refractivity contribution in [3.63, 3.8) is 0 Å². The smallest absolute Gasteiger partial charge is 0.177 e. The van der Waals surface area contributed by atoms with Gasteiger partial charge in [-0.05, 0) is 6.07 Å². The molecule has 0 spiro atoms. The summed E-state index contributed by atoms with van der Waals surface area (Å²) in [6.45, 7) is -0.153. The second kappa shape index (κ2) is 2.73. The van der Waals surface area contributed by atoms with E-state index >= 15 is 0 Å². The lowest BCUT2D eigenvalue weighted by Crippen LogP contribution is -1.87. The van der Waals surface area contributed by atoms with E-state index in [2.05, 4.69) is 10.1 Å². The summed E-state index contributed by atoms with van der Waals surface area (Å²) in [6, 6.07) is 3.40. The Labute approximate surface area is 73.4 Å². The molecule has 0 saturated carbocycles. The quantitative estimate of drug-likeness (QED) is 0.714. The summed E-state index contributed by atoms with van der Waals surface area (Å²) in [5.41, 5.74) is 0.645. The molecule has 2 aromatic rings. The molecule has 2 aromatic heterocycles. The summed E-state index contributed by atoms with van der Waals surface area (Å²) >= 11 is 5.73. The highest BCUT2D eigenvalue weighted by atomic mass is 35.5. The lowest BCUT2D eigenvalue weighted by Gasteiger charge is -1.89. The third kappa shape index (κ3) is 1.15. The van der Waals surface area contributed by atoms with Gasteiger partial charge in [-0.1, -0.05) is 11.6 Å². The zero-order valence-corrected chi connectivity index (χ0v) is 6.86. The van der Waals surface area contributed by atoms with E-state index in [9.17, 15) is 0 Å². The second-order valence-electron chi connectivity index (χ2n) is 2.33. The van der Waals surface area contributed by atoms with Crippen molar-refractivity contribution >= 4 is 17.2 Å². The maximum absolute atomic E-state index is 8.74. The van der Waals surface area contributed by atoms with Gasteiger partial charge in [-0.25, -0.2) is 9.50 Å². The lowest BCUT2D eigenvalue weighted by molar-refractivity contribution is 0.271. The van der Waals surface area contributed by atoms with E-state index in [-0.39, 0.29) is 6.61 Å². The first-order valence-corrected chi connectivity index (χ1v) is 3.79. The van der Waals surface area contributed by atoms with Crippen LogP contribution in [-0.4, -0.2) is 19.7 Å². The van der Waals surface area contributed by atoms with Crippen molar-refractivity contribution in [2.75, 3.05) is 0 Å². The fourth-order valence-electron chi connectivity index (χ4n) is 0.970. The van der Waals surface area contributed by atoms with Crippen LogP contribution in [0.1, 0.15) is 5.82 Å². The topological polar surface area (TPSA) is 50.4 Å². The molecule has 0 radical (unpaired) electrons. The van der Waals surface area contributed by atoms with Crippen molar-refractivity contribution < 1.29 is 5.11 Å². The van der Waals surface area contributed by atoms with Gasteiger partial charge in [0, 0.05) is 17.3 Å². The van der Waals surface area contributed by atoms with Gasteiger partial charge in [0.2, 0.25) is 0 Å². The van der Waals surface area contributed by atoms with Gasteiger partial charge in [0.05, 0.1) is 0 Å². The van der Waals surface area contributed by atoms with E-state index in [4.69, 9.17) is 16.7 Å². The Hall–Kier alpha value is -1.13. The first kappa shape index (κ1) is 7.52. The Morgan fingerprint density at radius 1 is 1.58 bits per heavy atom. The molecule has 0 unspecified atom stereocenters. The molecule has 5 heteroatoms. The molecule has 0 aromatic carbocycles. The molecule has 0 fully saturated rings. The number of rotatable bonds is 1. The van der Waals surface area contributed by atoms with Crippen LogP contribution in [-0.2, 0) is 6.61 Å². The number of aromatic nitrogens is 3. The van der Waals surface area contributed by atoms with Gasteiger partial charge in [0.1, 0.15) is 6.61 Å². The van der Waals surface area contributed by atoms with E-state index in [0.29, 0.717) is 16.5 Å². The number of hydrogen-bond donors (Lipinski definition) is 1. The van der Waals surface area contributed by atoms with Crippen LogP contribution in [0.3, 0.4) is 0 Å². The van der Waals surface area contributed by atoms with Gasteiger partial charge in [0.25, 0.3) is 0 Å². The molecule has 4 nitrogen and oxygen atoms in total. The summed E-state index contributed by atoms with van der Waals surface area (Å²) < 4.78 is 1.57. The van der Waals surface area contributed by atoms with Crippen LogP contribution in [0.2, 0.25) is 5.02 Å². The molecule has 2 rings (SSSR count). The lowest BCUT2D eigenvalue weighted by atomic mass is 10.5. The number of halogens is 1. The highest BCUT2D eigenvalue weighted by molar-refractivity contribution is 6.30. The average Bonchev–Trinajstić information content (AvgIpc) is 2.46. The van der Waals surface area contributed by atoms with Gasteiger partial charge in [-0.2, -0.15) is 0 Å². The number of nitrogens with zero attached hydrogens (tertiary/aromatic N) is 3. The Bertz CT molecular complexity index is 412. The normalized spacial score (nSPS) is 10.8. The Kier molecular flexibility index (Phi) is 1.71. The Morgan fingerprint density at radius 3 is 3.17 bits per heavy atom. The minimum Gasteiger partial charge on any atom is -0.388 e. The highest BCUT2D eigenvalue weighted by Crippen LogP contribution is 2.10. The van der Waals surface area contributed by atoms with Crippen molar-refractivity contribution in [1.82, 2.24) is 14.6 Å². The summed E-state index contributed by atoms with van der Waals surface area (Å²) in [7, 11) is 0. The molecule has 1 N–H and O–H groups in total. The molecule has 12 heavy (non-hydrogen) atoms. The summed E-state index contributed by atoms with van der Waals surface area (Å²) in [4.78, 5) is 4.01. The van der Waals surface area contributed by atoms with Crippen LogP contribution < -0.4 is 0 Å². The predicted octanol–water partition coefficient (Wildman–Crippen LogP) is 0.875. The van der Waals surface area contributed by atoms with Gasteiger partial charge < -0.3 is 5.11 Å². The average molecular weight is 184 g/mol. The zero-order valence-electron chi connectivity index (χ0n) is 6.11. The summed E-state index contributed by atoms with van der Waals surface area (Å²) in [5.74, 6) is 0.400. The highest BCUT2D eigenvalue weighted by Gasteiger charge is 2.01. The standard InChI is InChI=1S/C7H6ClN3O/c8-5-1-2-11-7(3-5)9-6(4-12)10-11/h1-3,12H,4H2. The molecule has 0 aliphatic carbocycles. The predicted molar refractivity (Wildman–Crippen MR) is 43.9 cm³/mol. The summed E-state index contributed by atoms with van der Waals surface area (Å²) in [5, 5.41) is 13.3. The maximum atomic E-state index is 8.74. The van der Waals surface area contributed by atoms with Crippen LogP contribution in [0.4, 0.5) is 0 Å². The van der Waals surface area contributed by atoms with Crippen molar-refractivity contribution in [1.29, 1.82) is 0 Å². The third-order valence-electron chi connectivity index (χ3n) is 1.48. The maximum Gasteiger partial charge on any atom is 0.177 e. The first-order valence-electron chi connectivity index (χ1n) is 3.41. The van der Waals surface area contributed by atoms with Gasteiger partial charge in [0.15, 0.2) is 11.5 Å². The Balaban J connectivity index is 2.67. The number of aliphatic hydroxyl groups is 1. The molecule has 0 aliphatic heterocycles. The monoisotopic (exact) mass is 183 g/mol. The molecule has 0 aliphatic rings. The SMILES string of the molecule is OCc1nc2cc(Cl)ccn2n1. The van der Waals surface area contributed by atoms with Crippen LogP contribution in [0.25, 0.3) is 5.65 Å². The van der Waals surface area contributed by atoms with E-state index in [0.717, 1.165) is 0 Å². The molecule has 0 bridgehead atoms. The largest absolute Gasteiger partial charge is 0.388 e. The zero-order chi connectivity index (χ0) is 8.55. The van der Waals surface area contributed by atoms with Crippen molar-refractivity contribution in [3.8, 4) is 0 Å². The number of aliphatic hydroxyl groups excluding tert-OH is 1. The van der Waals surface area contributed by atoms with Crippen LogP contribution in [0.15, 0.2) is 18.3 Å². The minimum absolute atomic E-state index is 0.153. The fraction of sp³-hybridized carbons (Fsp3) is 0.143. The third-order valence-corrected chi connectivity index (χ3v) is 1.72. The van der Waals surface area contributed by atoms with Gasteiger partial charge in [-0.3, -0.25) is 0 Å². The molecular formula is C7H6ClN3O. The van der Waals surface area contributed by atoms with E-state index in [1.54, 1.807) is 22.8 Å². The summed E-state index contributed by atoms with van der Waals surface area (Å²) in [6.07, 6.45) is 1.70. The van der Waals surface area contributed by atoms with Gasteiger partial charge >= 0.3 is 0 Å². The second-order valence-corrected chi connectivity index (χ2v) is 2.77. The van der Waals surface area contributed by atoms with E-state index in [1.165, 1.54) is 0 Å². The fourth-order valence-corrected chi connectivity index (χ4v) is 1.12. The molecule has 0 saturated heterocycles. The molecule has 0 amide bonds. The van der Waals surface area contributed by atoms with E-state index in [1.807, 2.05) is 0 Å². The van der Waals surface area contributed by atoms with Gasteiger partial charge in [-0.15, -0.1) is 5.10 Å². The van der Waals surface area contributed by atoms with Crippen LogP contribution >= 0.6 is 11.6 Å². The first-order chi connectivity index (χ1) is 5.79. The van der Waals surface area contributed by atoms with Crippen LogP contribution in [0.5, 0.6) is 0 Å². The number of hydrogen-bond acceptors (Lipinski definition) is 3. The van der Waals surface area contributed by atoms with E-state index < -0.39 is 0 Å². The number of fused-ring (bicyclic) bond motifs is 1. The molecular weight excluding hydrogens is 178 g/mol. The van der Waals surface area contributed by atoms with Crippen molar-refractivity contribution in [2.24, 2.45) is 0 Å². The van der Waals surface area contributed by atoms with Crippen LogP contribution in [0, 0.1) is 0 Å². The van der Waals surface area contributed by atoms with Crippen molar-refractivity contribution in [2.45, 2.75) is 6.61 Å². The number of pyridine rings is 1. The molecule has 0 atom stereocenters.